The molecule has 0 nitrogen and oxygen atoms in total. The van der Waals surface area contributed by atoms with Crippen molar-refractivity contribution in [2.75, 3.05) is 0 Å². The molecule has 0 saturated heterocycles. The fraction of sp³-hybridized carbons (Fsp3) is 0.600. The fourth-order valence-corrected chi connectivity index (χ4v) is 1.10. The van der Waals surface area contributed by atoms with Crippen LogP contribution in [-0.2, 0) is 0 Å². The summed E-state index contributed by atoms with van der Waals surface area (Å²) < 4.78 is -0.0135. The molecule has 0 aromatic heterocycles. The van der Waals surface area contributed by atoms with Crippen LogP contribution < -0.4 is 0 Å². The summed E-state index contributed by atoms with van der Waals surface area (Å²) in [5.74, 6) is 0. The van der Waals surface area contributed by atoms with E-state index >= 15 is 0 Å². The topological polar surface area (TPSA) is 0 Å². The monoisotopic (exact) mass is 170 g/mol. The van der Waals surface area contributed by atoms with Gasteiger partial charge in [0, 0.05) is 4.75 Å². The Morgan fingerprint density at radius 1 is 1.45 bits per heavy atom. The summed E-state index contributed by atoms with van der Waals surface area (Å²) in [5.41, 5.74) is 1.28. The van der Waals surface area contributed by atoms with Crippen LogP contribution in [-0.4, -0.2) is 4.75 Å². The van der Waals surface area contributed by atoms with Gasteiger partial charge in [0.2, 0.25) is 0 Å². The second-order valence-corrected chi connectivity index (χ2v) is 4.23. The van der Waals surface area contributed by atoms with E-state index in [0.29, 0.717) is 0 Å². The number of hydrogen-bond donors (Lipinski definition) is 1. The molecule has 0 atom stereocenters. The van der Waals surface area contributed by atoms with Gasteiger partial charge in [0.25, 0.3) is 0 Å². The lowest BCUT2D eigenvalue weighted by Crippen LogP contribution is -2.12. The van der Waals surface area contributed by atoms with E-state index < -0.39 is 0 Å². The summed E-state index contributed by atoms with van der Waals surface area (Å²) in [6.45, 7) is 8.39. The van der Waals surface area contributed by atoms with Crippen molar-refractivity contribution in [3.8, 4) is 0 Å². The number of thiol groups is 1. The second kappa shape index (κ2) is 4.66. The van der Waals surface area contributed by atoms with Crippen LogP contribution >= 0.6 is 12.6 Å². The van der Waals surface area contributed by atoms with Gasteiger partial charge in [0.15, 0.2) is 0 Å². The molecule has 0 fully saturated rings. The maximum absolute atomic E-state index is 4.48. The molecule has 0 aliphatic heterocycles. The zero-order chi connectivity index (χ0) is 8.91. The molecule has 0 saturated carbocycles. The molecule has 0 spiro atoms. The largest absolute Gasteiger partial charge is 0.168 e. The molecule has 0 aromatic rings. The van der Waals surface area contributed by atoms with E-state index in [2.05, 4.69) is 51.6 Å². The highest BCUT2D eigenvalue weighted by Gasteiger charge is 2.13. The molecule has 0 aliphatic carbocycles. The third kappa shape index (κ3) is 4.31. The Kier molecular flexibility index (Phi) is 4.58. The molecule has 0 aliphatic rings. The Bertz CT molecular complexity index is 158. The summed E-state index contributed by atoms with van der Waals surface area (Å²) >= 11 is 4.48. The maximum Gasteiger partial charge on any atom is 0.0318 e. The van der Waals surface area contributed by atoms with Crippen LogP contribution in [0, 0.1) is 0 Å². The van der Waals surface area contributed by atoms with E-state index in [1.165, 1.54) is 5.57 Å². The molecule has 64 valence electrons. The van der Waals surface area contributed by atoms with Crippen molar-refractivity contribution in [3.05, 3.63) is 23.8 Å². The first-order valence-corrected chi connectivity index (χ1v) is 4.52. The quantitative estimate of drug-likeness (QED) is 0.485. The molecule has 0 heterocycles. The normalized spacial score (nSPS) is 14.5. The molecule has 0 bridgehead atoms. The minimum Gasteiger partial charge on any atom is -0.168 e. The van der Waals surface area contributed by atoms with E-state index in [1.54, 1.807) is 0 Å². The first-order valence-electron chi connectivity index (χ1n) is 4.08. The molecule has 0 amide bonds. The highest BCUT2D eigenvalue weighted by Crippen LogP contribution is 2.23. The predicted molar refractivity (Wildman–Crippen MR) is 56.3 cm³/mol. The zero-order valence-electron chi connectivity index (χ0n) is 7.89. The van der Waals surface area contributed by atoms with Crippen molar-refractivity contribution in [3.63, 3.8) is 0 Å². The number of hydrogen-bond acceptors (Lipinski definition) is 1. The second-order valence-electron chi connectivity index (χ2n) is 3.11. The number of rotatable bonds is 3. The van der Waals surface area contributed by atoms with Gasteiger partial charge in [-0.25, -0.2) is 0 Å². The summed E-state index contributed by atoms with van der Waals surface area (Å²) in [6, 6.07) is 0. The van der Waals surface area contributed by atoms with Crippen molar-refractivity contribution >= 4 is 12.6 Å². The van der Waals surface area contributed by atoms with Gasteiger partial charge in [0.05, 0.1) is 0 Å². The third-order valence-corrected chi connectivity index (χ3v) is 1.81. The van der Waals surface area contributed by atoms with E-state index in [4.69, 9.17) is 0 Å². The van der Waals surface area contributed by atoms with Gasteiger partial charge in [-0.05, 0) is 32.8 Å². The van der Waals surface area contributed by atoms with Crippen LogP contribution in [0.25, 0.3) is 0 Å². The van der Waals surface area contributed by atoms with Crippen LogP contribution in [0.4, 0.5) is 0 Å². The first kappa shape index (κ1) is 10.8. The Labute approximate surface area is 75.8 Å². The molecule has 1 heteroatoms. The lowest BCUT2D eigenvalue weighted by Gasteiger charge is -2.18. The Hall–Kier alpha value is -0.170. The molecule has 0 radical (unpaired) electrons. The molecular weight excluding hydrogens is 152 g/mol. The lowest BCUT2D eigenvalue weighted by atomic mass is 10.0. The SMILES string of the molecule is C/C=C(\C=C/CC)C(C)(C)S. The first-order chi connectivity index (χ1) is 5.02. The average molecular weight is 170 g/mol. The lowest BCUT2D eigenvalue weighted by molar-refractivity contribution is 0.862. The van der Waals surface area contributed by atoms with Gasteiger partial charge in [-0.2, -0.15) is 12.6 Å². The van der Waals surface area contributed by atoms with Crippen LogP contribution in [0.15, 0.2) is 23.8 Å². The molecule has 0 aromatic carbocycles. The Morgan fingerprint density at radius 2 is 2.00 bits per heavy atom. The van der Waals surface area contributed by atoms with Crippen LogP contribution in [0.5, 0.6) is 0 Å². The molecule has 0 unspecified atom stereocenters. The van der Waals surface area contributed by atoms with Gasteiger partial charge in [-0.3, -0.25) is 0 Å². The summed E-state index contributed by atoms with van der Waals surface area (Å²) in [4.78, 5) is 0. The van der Waals surface area contributed by atoms with Crippen molar-refractivity contribution in [2.45, 2.75) is 38.9 Å². The zero-order valence-corrected chi connectivity index (χ0v) is 8.78. The Morgan fingerprint density at radius 3 is 2.27 bits per heavy atom. The molecule has 0 N–H and O–H groups in total. The van der Waals surface area contributed by atoms with Gasteiger partial charge >= 0.3 is 0 Å². The summed E-state index contributed by atoms with van der Waals surface area (Å²) in [5, 5.41) is 0. The van der Waals surface area contributed by atoms with Crippen LogP contribution in [0.1, 0.15) is 34.1 Å². The van der Waals surface area contributed by atoms with Crippen molar-refractivity contribution in [2.24, 2.45) is 0 Å². The van der Waals surface area contributed by atoms with Gasteiger partial charge in [-0.1, -0.05) is 25.2 Å². The summed E-state index contributed by atoms with van der Waals surface area (Å²) in [7, 11) is 0. The Balaban J connectivity index is 4.33. The maximum atomic E-state index is 4.48. The average Bonchev–Trinajstić information content (AvgIpc) is 1.87. The number of allylic oxidation sites excluding steroid dienone is 3. The van der Waals surface area contributed by atoms with Crippen molar-refractivity contribution < 1.29 is 0 Å². The minimum absolute atomic E-state index is 0.0135. The van der Waals surface area contributed by atoms with E-state index in [9.17, 15) is 0 Å². The van der Waals surface area contributed by atoms with Crippen LogP contribution in [0.3, 0.4) is 0 Å². The minimum atomic E-state index is -0.0135. The van der Waals surface area contributed by atoms with Crippen LogP contribution in [0.2, 0.25) is 0 Å². The van der Waals surface area contributed by atoms with Gasteiger partial charge in [-0.15, -0.1) is 0 Å². The van der Waals surface area contributed by atoms with Gasteiger partial charge < -0.3 is 0 Å². The van der Waals surface area contributed by atoms with Crippen molar-refractivity contribution in [1.82, 2.24) is 0 Å². The van der Waals surface area contributed by atoms with E-state index in [0.717, 1.165) is 6.42 Å². The molecule has 0 rings (SSSR count). The predicted octanol–water partition coefficient (Wildman–Crippen LogP) is 3.61. The third-order valence-electron chi connectivity index (χ3n) is 1.55. The standard InChI is InChI=1S/C10H18S/c1-5-7-8-9(6-2)10(3,4)11/h6-8,11H,5H2,1-4H3/b8-7-,9-6+. The molecular formula is C10H18S. The van der Waals surface area contributed by atoms with E-state index in [-0.39, 0.29) is 4.75 Å². The van der Waals surface area contributed by atoms with E-state index in [1.807, 2.05) is 6.92 Å². The fourth-order valence-electron chi connectivity index (χ4n) is 0.898. The molecule has 11 heavy (non-hydrogen) atoms. The summed E-state index contributed by atoms with van der Waals surface area (Å²) in [6.07, 6.45) is 7.50. The highest BCUT2D eigenvalue weighted by atomic mass is 32.1. The smallest absolute Gasteiger partial charge is 0.0318 e. The van der Waals surface area contributed by atoms with Gasteiger partial charge in [0.1, 0.15) is 0 Å². The highest BCUT2D eigenvalue weighted by molar-refractivity contribution is 7.82. The van der Waals surface area contributed by atoms with Crippen molar-refractivity contribution in [1.29, 1.82) is 0 Å².